The molecule has 4 rings (SSSR count). The molecule has 0 radical (unpaired) electrons. The fourth-order valence-electron chi connectivity index (χ4n) is 3.34. The SMILES string of the molecule is O=C1OCCN1CCCSc1nnc(-c2ccc(Br)cc2)n1CCc1ccccc1. The van der Waals surface area contributed by atoms with E-state index in [0.29, 0.717) is 19.7 Å². The number of aryl methyl sites for hydroxylation is 1. The largest absolute Gasteiger partial charge is 0.448 e. The third-order valence-corrected chi connectivity index (χ3v) is 6.52. The summed E-state index contributed by atoms with van der Waals surface area (Å²) < 4.78 is 8.22. The van der Waals surface area contributed by atoms with Gasteiger partial charge < -0.3 is 14.2 Å². The number of cyclic esters (lactones) is 1. The highest BCUT2D eigenvalue weighted by molar-refractivity contribution is 9.10. The van der Waals surface area contributed by atoms with Gasteiger partial charge >= 0.3 is 6.09 Å². The van der Waals surface area contributed by atoms with Gasteiger partial charge in [-0.2, -0.15) is 0 Å². The van der Waals surface area contributed by atoms with Gasteiger partial charge in [0.05, 0.1) is 6.54 Å². The number of benzene rings is 2. The maximum atomic E-state index is 11.6. The normalized spacial score (nSPS) is 13.6. The van der Waals surface area contributed by atoms with E-state index in [-0.39, 0.29) is 6.09 Å². The van der Waals surface area contributed by atoms with Crippen molar-refractivity contribution in [3.05, 3.63) is 64.6 Å². The van der Waals surface area contributed by atoms with Crippen LogP contribution in [0.15, 0.2) is 64.2 Å². The van der Waals surface area contributed by atoms with Crippen molar-refractivity contribution in [2.24, 2.45) is 0 Å². The predicted octanol–water partition coefficient (Wildman–Crippen LogP) is 4.88. The Labute approximate surface area is 188 Å². The third kappa shape index (κ3) is 5.23. The van der Waals surface area contributed by atoms with Gasteiger partial charge in [-0.15, -0.1) is 10.2 Å². The molecule has 0 atom stereocenters. The van der Waals surface area contributed by atoms with Crippen molar-refractivity contribution in [2.75, 3.05) is 25.4 Å². The second-order valence-corrected chi connectivity index (χ2v) is 8.98. The molecule has 0 saturated carbocycles. The molecular formula is C22H23BrN4O2S. The van der Waals surface area contributed by atoms with Gasteiger partial charge in [-0.1, -0.05) is 70.2 Å². The molecule has 0 unspecified atom stereocenters. The van der Waals surface area contributed by atoms with Gasteiger partial charge in [0.2, 0.25) is 0 Å². The van der Waals surface area contributed by atoms with Crippen molar-refractivity contribution in [3.63, 3.8) is 0 Å². The highest BCUT2D eigenvalue weighted by Crippen LogP contribution is 2.26. The van der Waals surface area contributed by atoms with Gasteiger partial charge in [-0.3, -0.25) is 0 Å². The molecule has 0 spiro atoms. The first-order valence-electron chi connectivity index (χ1n) is 9.98. The average molecular weight is 487 g/mol. The smallest absolute Gasteiger partial charge is 0.409 e. The molecule has 1 fully saturated rings. The molecule has 1 saturated heterocycles. The van der Waals surface area contributed by atoms with E-state index in [1.165, 1.54) is 5.56 Å². The Morgan fingerprint density at radius 2 is 1.83 bits per heavy atom. The minimum absolute atomic E-state index is 0.205. The Morgan fingerprint density at radius 1 is 1.03 bits per heavy atom. The molecule has 8 heteroatoms. The van der Waals surface area contributed by atoms with Crippen LogP contribution in [-0.4, -0.2) is 51.2 Å². The minimum atomic E-state index is -0.205. The van der Waals surface area contributed by atoms with Crippen LogP contribution in [0.25, 0.3) is 11.4 Å². The summed E-state index contributed by atoms with van der Waals surface area (Å²) in [5, 5.41) is 9.87. The summed E-state index contributed by atoms with van der Waals surface area (Å²) in [4.78, 5) is 13.3. The Hall–Kier alpha value is -2.32. The summed E-state index contributed by atoms with van der Waals surface area (Å²) in [5.41, 5.74) is 2.34. The van der Waals surface area contributed by atoms with E-state index in [2.05, 4.69) is 67.1 Å². The molecule has 0 N–H and O–H groups in total. The molecule has 0 bridgehead atoms. The number of aromatic nitrogens is 3. The number of nitrogens with zero attached hydrogens (tertiary/aromatic N) is 4. The first kappa shape index (κ1) is 20.9. The summed E-state index contributed by atoms with van der Waals surface area (Å²) in [6, 6.07) is 18.6. The number of amides is 1. The molecule has 1 aliphatic rings. The second kappa shape index (κ2) is 10.1. The van der Waals surface area contributed by atoms with Crippen LogP contribution in [0.4, 0.5) is 4.79 Å². The first-order valence-corrected chi connectivity index (χ1v) is 11.8. The Kier molecular flexibility index (Phi) is 7.07. The molecule has 1 aliphatic heterocycles. The lowest BCUT2D eigenvalue weighted by atomic mass is 10.1. The summed E-state index contributed by atoms with van der Waals surface area (Å²) in [6.45, 7) is 2.70. The Bertz CT molecular complexity index is 979. The monoisotopic (exact) mass is 486 g/mol. The van der Waals surface area contributed by atoms with E-state index < -0.39 is 0 Å². The van der Waals surface area contributed by atoms with Crippen molar-refractivity contribution in [2.45, 2.75) is 24.5 Å². The number of rotatable bonds is 9. The molecule has 1 amide bonds. The number of thioether (sulfide) groups is 1. The van der Waals surface area contributed by atoms with Gasteiger partial charge in [-0.05, 0) is 30.5 Å². The van der Waals surface area contributed by atoms with E-state index in [9.17, 15) is 4.79 Å². The second-order valence-electron chi connectivity index (χ2n) is 7.00. The van der Waals surface area contributed by atoms with Crippen LogP contribution in [0.1, 0.15) is 12.0 Å². The maximum Gasteiger partial charge on any atom is 0.409 e. The molecule has 1 aromatic heterocycles. The van der Waals surface area contributed by atoms with Crippen molar-refractivity contribution in [3.8, 4) is 11.4 Å². The molecule has 3 aromatic rings. The summed E-state index contributed by atoms with van der Waals surface area (Å²) in [5.74, 6) is 1.75. The van der Waals surface area contributed by atoms with Crippen LogP contribution >= 0.6 is 27.7 Å². The van der Waals surface area contributed by atoms with Gasteiger partial charge in [-0.25, -0.2) is 4.79 Å². The van der Waals surface area contributed by atoms with Crippen LogP contribution < -0.4 is 0 Å². The highest BCUT2D eigenvalue weighted by atomic mass is 79.9. The summed E-state index contributed by atoms with van der Waals surface area (Å²) in [6.07, 6.45) is 1.60. The van der Waals surface area contributed by atoms with E-state index in [4.69, 9.17) is 4.74 Å². The zero-order chi connectivity index (χ0) is 20.8. The van der Waals surface area contributed by atoms with E-state index >= 15 is 0 Å². The number of halogens is 1. The summed E-state index contributed by atoms with van der Waals surface area (Å²) >= 11 is 5.18. The lowest BCUT2D eigenvalue weighted by Crippen LogP contribution is -2.25. The molecule has 0 aliphatic carbocycles. The number of carbonyl (C=O) groups excluding carboxylic acids is 1. The van der Waals surface area contributed by atoms with Crippen LogP contribution in [0.5, 0.6) is 0 Å². The van der Waals surface area contributed by atoms with Crippen LogP contribution in [0.3, 0.4) is 0 Å². The zero-order valence-electron chi connectivity index (χ0n) is 16.5. The quantitative estimate of drug-likeness (QED) is 0.318. The molecule has 30 heavy (non-hydrogen) atoms. The fraction of sp³-hybridized carbons (Fsp3) is 0.318. The van der Waals surface area contributed by atoms with E-state index in [0.717, 1.165) is 46.2 Å². The van der Waals surface area contributed by atoms with Crippen LogP contribution in [0, 0.1) is 0 Å². The minimum Gasteiger partial charge on any atom is -0.448 e. The maximum absolute atomic E-state index is 11.6. The van der Waals surface area contributed by atoms with Crippen molar-refractivity contribution in [1.82, 2.24) is 19.7 Å². The zero-order valence-corrected chi connectivity index (χ0v) is 18.9. The number of hydrogen-bond acceptors (Lipinski definition) is 5. The number of ether oxygens (including phenoxy) is 1. The average Bonchev–Trinajstić information content (AvgIpc) is 3.37. The fourth-order valence-corrected chi connectivity index (χ4v) is 4.50. The van der Waals surface area contributed by atoms with Gasteiger partial charge in [0.15, 0.2) is 11.0 Å². The van der Waals surface area contributed by atoms with E-state index in [1.807, 2.05) is 18.2 Å². The lowest BCUT2D eigenvalue weighted by Gasteiger charge is -2.13. The standard InChI is InChI=1S/C22H23BrN4O2S/c23-19-9-7-18(8-10-19)20-24-25-21(27(20)13-11-17-5-2-1-3-6-17)30-16-4-12-26-14-15-29-22(26)28/h1-3,5-10H,4,11-16H2. The van der Waals surface area contributed by atoms with Crippen LogP contribution in [-0.2, 0) is 17.7 Å². The first-order chi connectivity index (χ1) is 14.7. The Morgan fingerprint density at radius 3 is 2.57 bits per heavy atom. The molecule has 156 valence electrons. The molecule has 2 heterocycles. The van der Waals surface area contributed by atoms with Crippen LogP contribution in [0.2, 0.25) is 0 Å². The third-order valence-electron chi connectivity index (χ3n) is 4.93. The number of hydrogen-bond donors (Lipinski definition) is 0. The van der Waals surface area contributed by atoms with Gasteiger partial charge in [0.25, 0.3) is 0 Å². The highest BCUT2D eigenvalue weighted by Gasteiger charge is 2.21. The molecule has 2 aromatic carbocycles. The van der Waals surface area contributed by atoms with E-state index in [1.54, 1.807) is 16.7 Å². The molecule has 6 nitrogen and oxygen atoms in total. The van der Waals surface area contributed by atoms with Crippen molar-refractivity contribution < 1.29 is 9.53 Å². The van der Waals surface area contributed by atoms with Crippen molar-refractivity contribution >= 4 is 33.8 Å². The van der Waals surface area contributed by atoms with Gasteiger partial charge in [0.1, 0.15) is 6.61 Å². The van der Waals surface area contributed by atoms with Gasteiger partial charge in [0, 0.05) is 28.9 Å². The lowest BCUT2D eigenvalue weighted by molar-refractivity contribution is 0.158. The topological polar surface area (TPSA) is 60.2 Å². The predicted molar refractivity (Wildman–Crippen MR) is 122 cm³/mol. The summed E-state index contributed by atoms with van der Waals surface area (Å²) in [7, 11) is 0. The Balaban J connectivity index is 1.45. The van der Waals surface area contributed by atoms with Crippen molar-refractivity contribution in [1.29, 1.82) is 0 Å². The number of carbonyl (C=O) groups is 1. The molecular weight excluding hydrogens is 464 g/mol.